The molecule has 0 radical (unpaired) electrons. The second-order valence-electron chi connectivity index (χ2n) is 5.20. The third kappa shape index (κ3) is 1.81. The van der Waals surface area contributed by atoms with Crippen molar-refractivity contribution in [2.24, 2.45) is 7.05 Å². The van der Waals surface area contributed by atoms with Crippen molar-refractivity contribution in [2.75, 3.05) is 18.0 Å². The normalized spacial score (nSPS) is 15.4. The van der Waals surface area contributed by atoms with E-state index in [1.165, 1.54) is 0 Å². The van der Waals surface area contributed by atoms with Crippen LogP contribution in [0.1, 0.15) is 6.04 Å². The number of fused-ring (bicyclic) bond motifs is 1. The third-order valence-electron chi connectivity index (χ3n) is 3.87. The molecule has 3 heterocycles. The van der Waals surface area contributed by atoms with Crippen LogP contribution in [0, 0.1) is 0 Å². The summed E-state index contributed by atoms with van der Waals surface area (Å²) in [6.45, 7) is 1.51. The first-order valence-corrected chi connectivity index (χ1v) is 6.80. The minimum Gasteiger partial charge on any atom is -0.338 e. The highest BCUT2D eigenvalue weighted by atomic mass is 16.1. The maximum absolute atomic E-state index is 12.4. The summed E-state index contributed by atoms with van der Waals surface area (Å²) in [6, 6.07) is 7.66. The second kappa shape index (κ2) is 4.41. The zero-order chi connectivity index (χ0) is 14.4. The standard InChI is InChI=1S/C14H14N6O/c1-18-13(21)11-4-2-3-5-12(11)17-14(18)19-8-10(9-19)20-15-6-7-16-20/h2-7,10H,8-9H2,1H3. The van der Waals surface area contributed by atoms with Crippen molar-refractivity contribution in [1.29, 1.82) is 0 Å². The molecular formula is C14H14N6O. The Balaban J connectivity index is 1.69. The molecule has 2 aromatic heterocycles. The van der Waals surface area contributed by atoms with Gasteiger partial charge in [-0.15, -0.1) is 0 Å². The number of aromatic nitrogens is 5. The number of hydrogen-bond acceptors (Lipinski definition) is 5. The van der Waals surface area contributed by atoms with Gasteiger partial charge in [0.25, 0.3) is 5.56 Å². The first-order chi connectivity index (χ1) is 10.2. The van der Waals surface area contributed by atoms with E-state index in [1.807, 2.05) is 18.2 Å². The minimum atomic E-state index is -0.0173. The number of nitrogens with zero attached hydrogens (tertiary/aromatic N) is 6. The van der Waals surface area contributed by atoms with E-state index in [1.54, 1.807) is 34.9 Å². The van der Waals surface area contributed by atoms with E-state index < -0.39 is 0 Å². The van der Waals surface area contributed by atoms with Gasteiger partial charge in [0.05, 0.1) is 23.3 Å². The Morgan fingerprint density at radius 2 is 1.86 bits per heavy atom. The van der Waals surface area contributed by atoms with Gasteiger partial charge < -0.3 is 4.90 Å². The van der Waals surface area contributed by atoms with Crippen molar-refractivity contribution >= 4 is 16.9 Å². The van der Waals surface area contributed by atoms with E-state index in [0.29, 0.717) is 11.3 Å². The van der Waals surface area contributed by atoms with E-state index in [2.05, 4.69) is 20.1 Å². The third-order valence-corrected chi connectivity index (χ3v) is 3.87. The van der Waals surface area contributed by atoms with Crippen LogP contribution in [0.25, 0.3) is 10.9 Å². The average Bonchev–Trinajstić information content (AvgIpc) is 2.96. The number of anilines is 1. The van der Waals surface area contributed by atoms with Crippen LogP contribution in [0.4, 0.5) is 5.95 Å². The highest BCUT2D eigenvalue weighted by molar-refractivity contribution is 5.78. The molecule has 0 saturated carbocycles. The first kappa shape index (κ1) is 12.1. The lowest BCUT2D eigenvalue weighted by atomic mass is 10.1. The molecule has 0 bridgehead atoms. The van der Waals surface area contributed by atoms with Crippen molar-refractivity contribution < 1.29 is 0 Å². The smallest absolute Gasteiger partial charge is 0.262 e. The fourth-order valence-electron chi connectivity index (χ4n) is 2.67. The molecule has 4 rings (SSSR count). The summed E-state index contributed by atoms with van der Waals surface area (Å²) < 4.78 is 1.61. The molecule has 0 aliphatic carbocycles. The monoisotopic (exact) mass is 282 g/mol. The predicted octanol–water partition coefficient (Wildman–Crippen LogP) is 0.586. The van der Waals surface area contributed by atoms with Crippen LogP contribution in [0.5, 0.6) is 0 Å². The average molecular weight is 282 g/mol. The van der Waals surface area contributed by atoms with Crippen molar-refractivity contribution in [3.63, 3.8) is 0 Å². The summed E-state index contributed by atoms with van der Waals surface area (Å²) >= 11 is 0. The number of benzene rings is 1. The van der Waals surface area contributed by atoms with Gasteiger partial charge in [0, 0.05) is 20.1 Å². The summed E-state index contributed by atoms with van der Waals surface area (Å²) in [5.74, 6) is 0.696. The quantitative estimate of drug-likeness (QED) is 0.688. The molecular weight excluding hydrogens is 268 g/mol. The van der Waals surface area contributed by atoms with Crippen molar-refractivity contribution in [3.05, 3.63) is 47.0 Å². The Labute approximate surface area is 120 Å². The molecule has 0 N–H and O–H groups in total. The van der Waals surface area contributed by atoms with Gasteiger partial charge in [-0.1, -0.05) is 12.1 Å². The minimum absolute atomic E-state index is 0.0173. The van der Waals surface area contributed by atoms with E-state index >= 15 is 0 Å². The fraction of sp³-hybridized carbons (Fsp3) is 0.286. The molecule has 1 aliphatic heterocycles. The van der Waals surface area contributed by atoms with Crippen LogP contribution in [0.2, 0.25) is 0 Å². The zero-order valence-corrected chi connectivity index (χ0v) is 11.5. The lowest BCUT2D eigenvalue weighted by Crippen LogP contribution is -2.50. The lowest BCUT2D eigenvalue weighted by Gasteiger charge is -2.39. The Morgan fingerprint density at radius 3 is 2.62 bits per heavy atom. The highest BCUT2D eigenvalue weighted by Gasteiger charge is 2.32. The highest BCUT2D eigenvalue weighted by Crippen LogP contribution is 2.25. The maximum atomic E-state index is 12.4. The van der Waals surface area contributed by atoms with Gasteiger partial charge in [-0.05, 0) is 12.1 Å². The van der Waals surface area contributed by atoms with Gasteiger partial charge in [0.2, 0.25) is 5.95 Å². The summed E-state index contributed by atoms with van der Waals surface area (Å²) in [6.07, 6.45) is 3.35. The van der Waals surface area contributed by atoms with Crippen LogP contribution in [-0.2, 0) is 7.05 Å². The number of hydrogen-bond donors (Lipinski definition) is 0. The number of para-hydroxylation sites is 1. The topological polar surface area (TPSA) is 68.8 Å². The van der Waals surface area contributed by atoms with Gasteiger partial charge >= 0.3 is 0 Å². The Kier molecular flexibility index (Phi) is 2.53. The van der Waals surface area contributed by atoms with E-state index in [4.69, 9.17) is 0 Å². The van der Waals surface area contributed by atoms with E-state index in [-0.39, 0.29) is 11.6 Å². The molecule has 1 aliphatic rings. The molecule has 7 nitrogen and oxygen atoms in total. The van der Waals surface area contributed by atoms with Crippen LogP contribution >= 0.6 is 0 Å². The number of rotatable bonds is 2. The van der Waals surface area contributed by atoms with Gasteiger partial charge in [-0.3, -0.25) is 9.36 Å². The molecule has 1 fully saturated rings. The van der Waals surface area contributed by atoms with Crippen molar-refractivity contribution in [1.82, 2.24) is 24.5 Å². The van der Waals surface area contributed by atoms with Gasteiger partial charge in [-0.2, -0.15) is 15.0 Å². The lowest BCUT2D eigenvalue weighted by molar-refractivity contribution is 0.326. The molecule has 106 valence electrons. The summed E-state index contributed by atoms with van der Waals surface area (Å²) in [5, 5.41) is 8.94. The van der Waals surface area contributed by atoms with Crippen LogP contribution in [0.3, 0.4) is 0 Å². The molecule has 1 aromatic carbocycles. The molecule has 0 atom stereocenters. The molecule has 1 saturated heterocycles. The summed E-state index contributed by atoms with van der Waals surface area (Å²) in [7, 11) is 1.76. The van der Waals surface area contributed by atoms with Crippen LogP contribution < -0.4 is 10.5 Å². The largest absolute Gasteiger partial charge is 0.338 e. The zero-order valence-electron chi connectivity index (χ0n) is 11.5. The molecule has 7 heteroatoms. The fourth-order valence-corrected chi connectivity index (χ4v) is 2.67. The molecule has 0 unspecified atom stereocenters. The molecule has 0 amide bonds. The molecule has 3 aromatic rings. The SMILES string of the molecule is Cn1c(N2CC(n3nccn3)C2)nc2ccccc2c1=O. The Morgan fingerprint density at radius 1 is 1.14 bits per heavy atom. The summed E-state index contributed by atoms with van der Waals surface area (Å²) in [4.78, 5) is 20.8. The first-order valence-electron chi connectivity index (χ1n) is 6.80. The Bertz CT molecular complexity index is 848. The van der Waals surface area contributed by atoms with Gasteiger partial charge in [0.1, 0.15) is 6.04 Å². The van der Waals surface area contributed by atoms with Crippen molar-refractivity contribution in [3.8, 4) is 0 Å². The van der Waals surface area contributed by atoms with Crippen molar-refractivity contribution in [2.45, 2.75) is 6.04 Å². The van der Waals surface area contributed by atoms with Gasteiger partial charge in [0.15, 0.2) is 0 Å². The summed E-state index contributed by atoms with van der Waals surface area (Å²) in [5.41, 5.74) is 0.715. The predicted molar refractivity (Wildman–Crippen MR) is 78.3 cm³/mol. The second-order valence-corrected chi connectivity index (χ2v) is 5.20. The van der Waals surface area contributed by atoms with E-state index in [0.717, 1.165) is 18.6 Å². The Hall–Kier alpha value is -2.70. The van der Waals surface area contributed by atoms with Gasteiger partial charge in [-0.25, -0.2) is 4.98 Å². The molecule has 21 heavy (non-hydrogen) atoms. The van der Waals surface area contributed by atoms with Crippen LogP contribution in [-0.4, -0.2) is 37.6 Å². The van der Waals surface area contributed by atoms with E-state index in [9.17, 15) is 4.79 Å². The molecule has 0 spiro atoms. The maximum Gasteiger partial charge on any atom is 0.262 e. The van der Waals surface area contributed by atoms with Crippen LogP contribution in [0.15, 0.2) is 41.5 Å².